The first-order chi connectivity index (χ1) is 12.6. The van der Waals surface area contributed by atoms with Crippen molar-refractivity contribution in [3.8, 4) is 0 Å². The van der Waals surface area contributed by atoms with Crippen molar-refractivity contribution in [3.05, 3.63) is 53.8 Å². The van der Waals surface area contributed by atoms with Crippen LogP contribution in [-0.2, 0) is 19.6 Å². The van der Waals surface area contributed by atoms with Crippen molar-refractivity contribution in [3.63, 3.8) is 0 Å². The van der Waals surface area contributed by atoms with Gasteiger partial charge in [0, 0.05) is 13.1 Å². The number of carbonyl (C=O) groups is 1. The Morgan fingerprint density at radius 1 is 1.15 bits per heavy atom. The van der Waals surface area contributed by atoms with Crippen LogP contribution in [0.5, 0.6) is 0 Å². The standard InChI is InChI=1S/C21H27NO4S/c1-15-5-11-19(12-6-15)27(24,25)22-13-16-7-9-18(10-8-17(16)14-22)26-20(23)21(2,3)4/h5-7,9-12,16-17H,8,13-14H2,1-4H3/t16-,17+/m0/s1. The number of benzene rings is 1. The molecule has 5 nitrogen and oxygen atoms in total. The van der Waals surface area contributed by atoms with Crippen LogP contribution in [0.25, 0.3) is 0 Å². The zero-order valence-electron chi connectivity index (χ0n) is 16.3. The van der Waals surface area contributed by atoms with Crippen molar-refractivity contribution in [2.24, 2.45) is 17.3 Å². The van der Waals surface area contributed by atoms with Gasteiger partial charge in [-0.2, -0.15) is 4.31 Å². The van der Waals surface area contributed by atoms with E-state index in [2.05, 4.69) is 0 Å². The Morgan fingerprint density at radius 2 is 1.81 bits per heavy atom. The fraction of sp³-hybridized carbons (Fsp3) is 0.476. The second-order valence-electron chi connectivity index (χ2n) is 8.40. The van der Waals surface area contributed by atoms with Crippen molar-refractivity contribution >= 4 is 16.0 Å². The van der Waals surface area contributed by atoms with Crippen LogP contribution in [0.15, 0.2) is 53.1 Å². The third-order valence-corrected chi connectivity index (χ3v) is 6.92. The average molecular weight is 390 g/mol. The van der Waals surface area contributed by atoms with Crippen molar-refractivity contribution in [2.75, 3.05) is 13.1 Å². The molecule has 0 spiro atoms. The quantitative estimate of drug-likeness (QED) is 0.740. The lowest BCUT2D eigenvalue weighted by molar-refractivity contribution is -0.148. The number of hydrogen-bond acceptors (Lipinski definition) is 4. The van der Waals surface area contributed by atoms with Gasteiger partial charge in [-0.3, -0.25) is 4.79 Å². The lowest BCUT2D eigenvalue weighted by Gasteiger charge is -2.17. The van der Waals surface area contributed by atoms with Gasteiger partial charge in [-0.1, -0.05) is 23.8 Å². The largest absolute Gasteiger partial charge is 0.426 e. The number of nitrogens with zero attached hydrogens (tertiary/aromatic N) is 1. The Kier molecular flexibility index (Phi) is 5.32. The van der Waals surface area contributed by atoms with E-state index in [1.165, 1.54) is 0 Å². The van der Waals surface area contributed by atoms with Gasteiger partial charge in [-0.15, -0.1) is 0 Å². The maximum absolute atomic E-state index is 12.9. The molecule has 0 amide bonds. The first-order valence-electron chi connectivity index (χ1n) is 9.25. The Hall–Kier alpha value is -1.92. The van der Waals surface area contributed by atoms with Crippen LogP contribution in [0.3, 0.4) is 0 Å². The zero-order valence-corrected chi connectivity index (χ0v) is 17.1. The molecule has 3 rings (SSSR count). The fourth-order valence-corrected chi connectivity index (χ4v) is 4.80. The molecule has 6 heteroatoms. The molecule has 1 aromatic carbocycles. The second kappa shape index (κ2) is 7.24. The predicted molar refractivity (Wildman–Crippen MR) is 104 cm³/mol. The SMILES string of the molecule is Cc1ccc(S(=O)(=O)N2C[C@H]3CC=C(OC(=O)C(C)(C)C)C=C[C@H]3C2)cc1. The van der Waals surface area contributed by atoms with Gasteiger partial charge in [0.1, 0.15) is 5.76 Å². The normalized spacial score (nSPS) is 23.5. The van der Waals surface area contributed by atoms with Crippen LogP contribution < -0.4 is 0 Å². The second-order valence-corrected chi connectivity index (χ2v) is 10.3. The van der Waals surface area contributed by atoms with E-state index in [0.717, 1.165) is 5.56 Å². The summed E-state index contributed by atoms with van der Waals surface area (Å²) in [5.74, 6) is 0.589. The minimum Gasteiger partial charge on any atom is -0.426 e. The molecule has 1 aromatic rings. The van der Waals surface area contributed by atoms with Crippen LogP contribution in [-0.4, -0.2) is 31.8 Å². The van der Waals surface area contributed by atoms with Crippen LogP contribution in [0, 0.1) is 24.2 Å². The number of rotatable bonds is 3. The Labute approximate surface area is 161 Å². The minimum absolute atomic E-state index is 0.118. The highest BCUT2D eigenvalue weighted by atomic mass is 32.2. The highest BCUT2D eigenvalue weighted by molar-refractivity contribution is 7.89. The Balaban J connectivity index is 1.70. The lowest BCUT2D eigenvalue weighted by Crippen LogP contribution is -2.29. The van der Waals surface area contributed by atoms with Gasteiger partial charge in [0.05, 0.1) is 10.3 Å². The van der Waals surface area contributed by atoms with Crippen LogP contribution in [0.1, 0.15) is 32.8 Å². The van der Waals surface area contributed by atoms with E-state index in [-0.39, 0.29) is 17.8 Å². The molecule has 146 valence electrons. The number of fused-ring (bicyclic) bond motifs is 1. The van der Waals surface area contributed by atoms with Crippen LogP contribution in [0.2, 0.25) is 0 Å². The van der Waals surface area contributed by atoms with Gasteiger partial charge in [0.15, 0.2) is 0 Å². The van der Waals surface area contributed by atoms with Crippen LogP contribution >= 0.6 is 0 Å². The maximum atomic E-state index is 12.9. The molecule has 0 N–H and O–H groups in total. The number of hydrogen-bond donors (Lipinski definition) is 0. The molecule has 1 heterocycles. The smallest absolute Gasteiger partial charge is 0.316 e. The lowest BCUT2D eigenvalue weighted by atomic mass is 9.94. The molecular weight excluding hydrogens is 362 g/mol. The molecule has 2 atom stereocenters. The third-order valence-electron chi connectivity index (χ3n) is 5.07. The van der Waals surface area contributed by atoms with E-state index >= 15 is 0 Å². The van der Waals surface area contributed by atoms with Crippen LogP contribution in [0.4, 0.5) is 0 Å². The molecule has 27 heavy (non-hydrogen) atoms. The summed E-state index contributed by atoms with van der Waals surface area (Å²) < 4.78 is 32.9. The molecular formula is C21H27NO4S. The number of esters is 1. The number of ether oxygens (including phenoxy) is 1. The summed E-state index contributed by atoms with van der Waals surface area (Å²) in [6.07, 6.45) is 6.36. The van der Waals surface area contributed by atoms with E-state index in [9.17, 15) is 13.2 Å². The summed E-state index contributed by atoms with van der Waals surface area (Å²) in [5.41, 5.74) is 0.474. The molecule has 1 fully saturated rings. The molecule has 1 aliphatic heterocycles. The summed E-state index contributed by atoms with van der Waals surface area (Å²) in [4.78, 5) is 12.4. The van der Waals surface area contributed by atoms with Gasteiger partial charge in [-0.05, 0) is 70.2 Å². The first-order valence-corrected chi connectivity index (χ1v) is 10.7. The zero-order chi connectivity index (χ0) is 19.8. The van der Waals surface area contributed by atoms with E-state index < -0.39 is 15.4 Å². The number of allylic oxidation sites excluding steroid dienone is 2. The number of aryl methyl sites for hydroxylation is 1. The maximum Gasteiger partial charge on any atom is 0.316 e. The van der Waals surface area contributed by atoms with E-state index in [0.29, 0.717) is 30.2 Å². The Morgan fingerprint density at radius 3 is 2.44 bits per heavy atom. The topological polar surface area (TPSA) is 63.7 Å². The highest BCUT2D eigenvalue weighted by Gasteiger charge is 2.38. The van der Waals surface area contributed by atoms with Crippen molar-refractivity contribution in [1.29, 1.82) is 0 Å². The molecule has 1 aliphatic carbocycles. The summed E-state index contributed by atoms with van der Waals surface area (Å²) >= 11 is 0. The van der Waals surface area contributed by atoms with E-state index in [1.54, 1.807) is 22.5 Å². The summed E-state index contributed by atoms with van der Waals surface area (Å²) in [7, 11) is -3.48. The highest BCUT2D eigenvalue weighted by Crippen LogP contribution is 2.34. The predicted octanol–water partition coefficient (Wildman–Crippen LogP) is 3.66. The molecule has 0 radical (unpaired) electrons. The monoisotopic (exact) mass is 389 g/mol. The van der Waals surface area contributed by atoms with Gasteiger partial charge >= 0.3 is 5.97 Å². The molecule has 0 bridgehead atoms. The molecule has 0 unspecified atom stereocenters. The summed E-state index contributed by atoms with van der Waals surface area (Å²) in [5, 5.41) is 0. The van der Waals surface area contributed by atoms with E-state index in [4.69, 9.17) is 4.74 Å². The van der Waals surface area contributed by atoms with Crippen molar-refractivity contribution < 1.29 is 17.9 Å². The summed E-state index contributed by atoms with van der Waals surface area (Å²) in [6, 6.07) is 6.97. The molecule has 1 saturated heterocycles. The number of carbonyl (C=O) groups excluding carboxylic acids is 1. The van der Waals surface area contributed by atoms with Crippen molar-refractivity contribution in [2.45, 2.75) is 39.0 Å². The minimum atomic E-state index is -3.48. The van der Waals surface area contributed by atoms with Crippen molar-refractivity contribution in [1.82, 2.24) is 4.31 Å². The molecule has 2 aliphatic rings. The molecule has 0 aromatic heterocycles. The Bertz CT molecular complexity index is 876. The number of sulfonamides is 1. The van der Waals surface area contributed by atoms with Gasteiger partial charge in [0.25, 0.3) is 0 Å². The van der Waals surface area contributed by atoms with E-state index in [1.807, 2.05) is 52.0 Å². The van der Waals surface area contributed by atoms with Gasteiger partial charge in [-0.25, -0.2) is 8.42 Å². The molecule has 0 saturated carbocycles. The first kappa shape index (κ1) is 19.8. The third kappa shape index (κ3) is 4.33. The fourth-order valence-electron chi connectivity index (χ4n) is 3.27. The van der Waals surface area contributed by atoms with Gasteiger partial charge < -0.3 is 4.74 Å². The average Bonchev–Trinajstić information content (AvgIpc) is 2.92. The van der Waals surface area contributed by atoms with Gasteiger partial charge in [0.2, 0.25) is 10.0 Å². The summed E-state index contributed by atoms with van der Waals surface area (Å²) in [6.45, 7) is 8.32.